The Morgan fingerprint density at radius 3 is 2.73 bits per heavy atom. The number of carbonyl (C=O) groups is 1. The molecule has 0 bridgehead atoms. The Kier molecular flexibility index (Phi) is 3.74. The summed E-state index contributed by atoms with van der Waals surface area (Å²) >= 11 is 0. The minimum absolute atomic E-state index is 0.0283. The van der Waals surface area contributed by atoms with Gasteiger partial charge >= 0.3 is 0 Å². The van der Waals surface area contributed by atoms with Gasteiger partial charge in [0.15, 0.2) is 0 Å². The molecule has 1 rings (SSSR count). The van der Waals surface area contributed by atoms with Gasteiger partial charge in [0.1, 0.15) is 5.69 Å². The number of rotatable bonds is 4. The molecule has 1 aromatic heterocycles. The van der Waals surface area contributed by atoms with Crippen LogP contribution in [0.5, 0.6) is 0 Å². The predicted octanol–water partition coefficient (Wildman–Crippen LogP) is 0.0617. The van der Waals surface area contributed by atoms with E-state index in [1.54, 1.807) is 28.8 Å². The molecule has 0 saturated heterocycles. The lowest BCUT2D eigenvalue weighted by atomic mass is 10.3. The normalized spacial score (nSPS) is 10.3. The average molecular weight is 211 g/mol. The van der Waals surface area contributed by atoms with Crippen molar-refractivity contribution < 1.29 is 9.90 Å². The van der Waals surface area contributed by atoms with E-state index in [-0.39, 0.29) is 12.5 Å². The van der Waals surface area contributed by atoms with E-state index in [1.165, 1.54) is 0 Å². The number of aliphatic hydroxyl groups excluding tert-OH is 1. The summed E-state index contributed by atoms with van der Waals surface area (Å²) < 4.78 is 1.69. The van der Waals surface area contributed by atoms with Crippen molar-refractivity contribution in [2.75, 3.05) is 25.4 Å². The number of hydrogen-bond donors (Lipinski definition) is 2. The fraction of sp³-hybridized carbons (Fsp3) is 0.500. The van der Waals surface area contributed by atoms with Crippen LogP contribution in [0.3, 0.4) is 0 Å². The molecule has 5 nitrogen and oxygen atoms in total. The Balaban J connectivity index is 2.87. The first kappa shape index (κ1) is 11.6. The van der Waals surface area contributed by atoms with Crippen LogP contribution in [0.2, 0.25) is 0 Å². The molecule has 0 unspecified atom stereocenters. The van der Waals surface area contributed by atoms with Gasteiger partial charge in [-0.25, -0.2) is 0 Å². The van der Waals surface area contributed by atoms with Crippen molar-refractivity contribution in [1.29, 1.82) is 0 Å². The molecule has 3 N–H and O–H groups in total. The third-order valence-electron chi connectivity index (χ3n) is 2.28. The maximum Gasteiger partial charge on any atom is 0.270 e. The maximum absolute atomic E-state index is 11.9. The lowest BCUT2D eigenvalue weighted by Crippen LogP contribution is -2.34. The minimum atomic E-state index is -0.106. The number of aromatic nitrogens is 1. The highest BCUT2D eigenvalue weighted by atomic mass is 16.3. The van der Waals surface area contributed by atoms with Gasteiger partial charge in [-0.1, -0.05) is 0 Å². The Morgan fingerprint density at radius 1 is 1.67 bits per heavy atom. The number of likely N-dealkylation sites (N-methyl/N-ethyl adjacent to an activating group) is 1. The molecule has 1 amide bonds. The van der Waals surface area contributed by atoms with Crippen LogP contribution in [0, 0.1) is 0 Å². The highest BCUT2D eigenvalue weighted by molar-refractivity contribution is 5.93. The molecular formula is C10H17N3O2. The molecule has 0 fully saturated rings. The van der Waals surface area contributed by atoms with Crippen LogP contribution in [-0.2, 0) is 7.05 Å². The number of hydrogen-bond acceptors (Lipinski definition) is 3. The molecule has 0 spiro atoms. The van der Waals surface area contributed by atoms with Gasteiger partial charge in [0.05, 0.1) is 12.3 Å². The highest BCUT2D eigenvalue weighted by Gasteiger charge is 2.16. The summed E-state index contributed by atoms with van der Waals surface area (Å²) in [5, 5.41) is 8.81. The van der Waals surface area contributed by atoms with Crippen molar-refractivity contribution in [2.24, 2.45) is 7.05 Å². The summed E-state index contributed by atoms with van der Waals surface area (Å²) in [5.41, 5.74) is 6.71. The first-order valence-corrected chi connectivity index (χ1v) is 4.92. The van der Waals surface area contributed by atoms with Crippen molar-refractivity contribution in [3.8, 4) is 0 Å². The van der Waals surface area contributed by atoms with Crippen LogP contribution in [0.25, 0.3) is 0 Å². The summed E-state index contributed by atoms with van der Waals surface area (Å²) in [4.78, 5) is 13.5. The van der Waals surface area contributed by atoms with E-state index in [0.717, 1.165) is 0 Å². The molecule has 5 heteroatoms. The molecule has 15 heavy (non-hydrogen) atoms. The molecule has 0 aliphatic heterocycles. The number of amides is 1. The van der Waals surface area contributed by atoms with Crippen LogP contribution >= 0.6 is 0 Å². The van der Waals surface area contributed by atoms with E-state index in [9.17, 15) is 4.79 Å². The van der Waals surface area contributed by atoms with E-state index in [0.29, 0.717) is 24.5 Å². The quantitative estimate of drug-likeness (QED) is 0.740. The zero-order chi connectivity index (χ0) is 11.4. The third kappa shape index (κ3) is 2.50. The summed E-state index contributed by atoms with van der Waals surface area (Å²) in [6, 6.07) is 1.64. The fourth-order valence-corrected chi connectivity index (χ4v) is 1.49. The van der Waals surface area contributed by atoms with Gasteiger partial charge in [-0.2, -0.15) is 0 Å². The number of nitrogen functional groups attached to an aromatic ring is 1. The lowest BCUT2D eigenvalue weighted by Gasteiger charge is -2.19. The summed E-state index contributed by atoms with van der Waals surface area (Å²) in [7, 11) is 1.77. The monoisotopic (exact) mass is 211 g/mol. The third-order valence-corrected chi connectivity index (χ3v) is 2.28. The van der Waals surface area contributed by atoms with Crippen molar-refractivity contribution in [3.05, 3.63) is 18.0 Å². The number of aliphatic hydroxyl groups is 1. The van der Waals surface area contributed by atoms with Crippen LogP contribution < -0.4 is 5.73 Å². The van der Waals surface area contributed by atoms with Crippen LogP contribution in [-0.4, -0.2) is 40.2 Å². The zero-order valence-corrected chi connectivity index (χ0v) is 9.10. The van der Waals surface area contributed by atoms with Crippen molar-refractivity contribution in [2.45, 2.75) is 6.92 Å². The van der Waals surface area contributed by atoms with Gasteiger partial charge in [0.25, 0.3) is 5.91 Å². The number of nitrogens with zero attached hydrogens (tertiary/aromatic N) is 2. The van der Waals surface area contributed by atoms with Gasteiger partial charge in [0.2, 0.25) is 0 Å². The Labute approximate surface area is 89.1 Å². The van der Waals surface area contributed by atoms with E-state index >= 15 is 0 Å². The van der Waals surface area contributed by atoms with E-state index in [1.807, 2.05) is 6.92 Å². The van der Waals surface area contributed by atoms with Gasteiger partial charge in [-0.15, -0.1) is 0 Å². The van der Waals surface area contributed by atoms with Crippen molar-refractivity contribution in [3.63, 3.8) is 0 Å². The second kappa shape index (κ2) is 4.84. The average Bonchev–Trinajstić information content (AvgIpc) is 2.53. The van der Waals surface area contributed by atoms with Gasteiger partial charge in [-0.3, -0.25) is 4.79 Å². The molecule has 0 aliphatic rings. The summed E-state index contributed by atoms with van der Waals surface area (Å²) in [6.45, 7) is 2.77. The van der Waals surface area contributed by atoms with Crippen molar-refractivity contribution in [1.82, 2.24) is 9.47 Å². The van der Waals surface area contributed by atoms with Gasteiger partial charge in [0, 0.05) is 26.3 Å². The Hall–Kier alpha value is -1.49. The molecule has 1 heterocycles. The SMILES string of the molecule is CCN(CCO)C(=O)c1cc(N)cn1C. The fourth-order valence-electron chi connectivity index (χ4n) is 1.49. The highest BCUT2D eigenvalue weighted by Crippen LogP contribution is 2.11. The van der Waals surface area contributed by atoms with Gasteiger partial charge < -0.3 is 20.3 Å². The lowest BCUT2D eigenvalue weighted by molar-refractivity contribution is 0.0722. The number of nitrogens with two attached hydrogens (primary N) is 1. The topological polar surface area (TPSA) is 71.5 Å². The van der Waals surface area contributed by atoms with Crippen LogP contribution in [0.4, 0.5) is 5.69 Å². The number of carbonyl (C=O) groups excluding carboxylic acids is 1. The van der Waals surface area contributed by atoms with Gasteiger partial charge in [-0.05, 0) is 13.0 Å². The van der Waals surface area contributed by atoms with E-state index < -0.39 is 0 Å². The zero-order valence-electron chi connectivity index (χ0n) is 9.10. The molecule has 0 saturated carbocycles. The molecule has 84 valence electrons. The van der Waals surface area contributed by atoms with E-state index in [2.05, 4.69) is 0 Å². The second-order valence-corrected chi connectivity index (χ2v) is 3.38. The molecular weight excluding hydrogens is 194 g/mol. The Morgan fingerprint density at radius 2 is 2.33 bits per heavy atom. The second-order valence-electron chi connectivity index (χ2n) is 3.38. The van der Waals surface area contributed by atoms with E-state index in [4.69, 9.17) is 10.8 Å². The standard InChI is InChI=1S/C10H17N3O2/c1-3-13(4-5-14)10(15)9-6-8(11)7-12(9)2/h6-7,14H,3-5,11H2,1-2H3. The van der Waals surface area contributed by atoms with Crippen LogP contribution in [0.15, 0.2) is 12.3 Å². The summed E-state index contributed by atoms with van der Waals surface area (Å²) in [6.07, 6.45) is 1.69. The maximum atomic E-state index is 11.9. The first-order valence-electron chi connectivity index (χ1n) is 4.92. The first-order chi connectivity index (χ1) is 7.10. The molecule has 0 aliphatic carbocycles. The largest absolute Gasteiger partial charge is 0.397 e. The number of aryl methyl sites for hydroxylation is 1. The number of anilines is 1. The molecule has 0 radical (unpaired) electrons. The van der Waals surface area contributed by atoms with Crippen molar-refractivity contribution >= 4 is 11.6 Å². The molecule has 1 aromatic rings. The summed E-state index contributed by atoms with van der Waals surface area (Å²) in [5.74, 6) is -0.106. The molecule has 0 aromatic carbocycles. The Bertz CT molecular complexity index is 346. The minimum Gasteiger partial charge on any atom is -0.397 e. The van der Waals surface area contributed by atoms with Crippen LogP contribution in [0.1, 0.15) is 17.4 Å². The predicted molar refractivity (Wildman–Crippen MR) is 58.5 cm³/mol. The molecule has 0 atom stereocenters. The smallest absolute Gasteiger partial charge is 0.270 e.